The maximum atomic E-state index is 13.0. The van der Waals surface area contributed by atoms with Crippen LogP contribution >= 0.6 is 0 Å². The minimum Gasteiger partial charge on any atom is -0.200 e. The molecule has 7 atom stereocenters. The highest BCUT2D eigenvalue weighted by atomic mass is 32.2. The Balaban J connectivity index is 1.34. The first-order valence-corrected chi connectivity index (χ1v) is 18.0. The summed E-state index contributed by atoms with van der Waals surface area (Å²) in [4.78, 5) is 2.85. The van der Waals surface area contributed by atoms with Gasteiger partial charge < -0.3 is 0 Å². The van der Waals surface area contributed by atoms with Crippen molar-refractivity contribution in [1.82, 2.24) is 4.83 Å². The van der Waals surface area contributed by atoms with Crippen LogP contribution in [0.5, 0.6) is 0 Å². The Morgan fingerprint density at radius 1 is 0.951 bits per heavy atom. The minimum atomic E-state index is -3.69. The number of nitrogens with zero attached hydrogens (tertiary/aromatic N) is 1. The van der Waals surface area contributed by atoms with Gasteiger partial charge in [-0.05, 0) is 110 Å². The molecule has 4 nitrogen and oxygen atoms in total. The van der Waals surface area contributed by atoms with E-state index in [1.807, 2.05) is 19.1 Å². The topological polar surface area (TPSA) is 58.5 Å². The maximum Gasteiger partial charge on any atom is 0.276 e. The van der Waals surface area contributed by atoms with Crippen molar-refractivity contribution in [2.75, 3.05) is 0 Å². The first kappa shape index (κ1) is 30.8. The Morgan fingerprint density at radius 3 is 2.34 bits per heavy atom. The number of hydrogen-bond donors (Lipinski definition) is 1. The van der Waals surface area contributed by atoms with Gasteiger partial charge in [0.15, 0.2) is 0 Å². The van der Waals surface area contributed by atoms with Gasteiger partial charge in [0, 0.05) is 11.1 Å². The van der Waals surface area contributed by atoms with Gasteiger partial charge >= 0.3 is 0 Å². The van der Waals surface area contributed by atoms with Crippen molar-refractivity contribution in [3.63, 3.8) is 0 Å². The second-order valence-electron chi connectivity index (χ2n) is 15.8. The maximum absolute atomic E-state index is 13.0. The Bertz CT molecular complexity index is 1280. The quantitative estimate of drug-likeness (QED) is 0.246. The first-order valence-electron chi connectivity index (χ1n) is 16.6. The van der Waals surface area contributed by atoms with Crippen molar-refractivity contribution in [1.29, 1.82) is 0 Å². The molecule has 7 unspecified atom stereocenters. The SMILES string of the molecule is Cc1ccc(S(=O)(=O)N/N=C2\CCC3(C)C(=CCC4C3CCC3(C)C(C(C)CCCC(C)C)CCC43)C2(C)C)cc1. The van der Waals surface area contributed by atoms with Crippen LogP contribution in [0, 0.1) is 58.7 Å². The molecule has 4 aliphatic carbocycles. The highest BCUT2D eigenvalue weighted by Crippen LogP contribution is 2.68. The highest BCUT2D eigenvalue weighted by molar-refractivity contribution is 7.89. The number of aryl methyl sites for hydroxylation is 1. The number of nitrogens with one attached hydrogen (secondary N) is 1. The van der Waals surface area contributed by atoms with Crippen molar-refractivity contribution in [3.8, 4) is 0 Å². The lowest BCUT2D eigenvalue weighted by molar-refractivity contribution is -0.0510. The van der Waals surface area contributed by atoms with E-state index in [0.29, 0.717) is 5.41 Å². The summed E-state index contributed by atoms with van der Waals surface area (Å²) in [6.07, 6.45) is 15.3. The zero-order chi connectivity index (χ0) is 29.8. The Morgan fingerprint density at radius 2 is 1.66 bits per heavy atom. The van der Waals surface area contributed by atoms with E-state index >= 15 is 0 Å². The number of fused-ring (bicyclic) bond motifs is 5. The highest BCUT2D eigenvalue weighted by Gasteiger charge is 2.60. The summed E-state index contributed by atoms with van der Waals surface area (Å²) in [5, 5.41) is 4.60. The zero-order valence-corrected chi connectivity index (χ0v) is 27.9. The summed E-state index contributed by atoms with van der Waals surface area (Å²) in [6, 6.07) is 6.97. The van der Waals surface area contributed by atoms with Crippen LogP contribution in [0.3, 0.4) is 0 Å². The second-order valence-corrected chi connectivity index (χ2v) is 17.4. The van der Waals surface area contributed by atoms with Crippen molar-refractivity contribution in [2.45, 2.75) is 124 Å². The van der Waals surface area contributed by atoms with Gasteiger partial charge in [-0.1, -0.05) is 97.1 Å². The molecule has 0 heterocycles. The van der Waals surface area contributed by atoms with Crippen LogP contribution in [0.2, 0.25) is 0 Å². The van der Waals surface area contributed by atoms with E-state index in [-0.39, 0.29) is 15.7 Å². The number of hydrazone groups is 1. The summed E-state index contributed by atoms with van der Waals surface area (Å²) in [5.74, 6) is 4.87. The Hall–Kier alpha value is -1.62. The molecule has 3 fully saturated rings. The standard InChI is InChI=1S/C36H56N2O2S/c1-24(2)10-9-11-26(4)29-17-18-30-28-16-19-32-34(5,6)33(21-23-36(32,8)31(28)20-22-35(29,30)7)37-38-41(39,40)27-14-12-25(3)13-15-27/h12-15,19,24,26,28-31,38H,9-11,16-18,20-23H2,1-8H3/b37-33+. The van der Waals surface area contributed by atoms with E-state index in [0.717, 1.165) is 59.6 Å². The molecule has 0 aliphatic heterocycles. The largest absolute Gasteiger partial charge is 0.276 e. The number of allylic oxidation sites excluding steroid dienone is 2. The normalized spacial score (nSPS) is 36.3. The number of rotatable bonds is 8. The van der Waals surface area contributed by atoms with Crippen molar-refractivity contribution >= 4 is 15.7 Å². The number of benzene rings is 1. The molecule has 0 radical (unpaired) electrons. The molecule has 4 aliphatic rings. The third-order valence-corrected chi connectivity index (χ3v) is 13.8. The second kappa shape index (κ2) is 11.1. The van der Waals surface area contributed by atoms with Crippen LogP contribution in [0.25, 0.3) is 0 Å². The molecule has 1 N–H and O–H groups in total. The monoisotopic (exact) mass is 580 g/mol. The van der Waals surface area contributed by atoms with Gasteiger partial charge in [-0.25, -0.2) is 4.83 Å². The molecule has 1 aromatic rings. The van der Waals surface area contributed by atoms with Crippen molar-refractivity contribution < 1.29 is 8.42 Å². The van der Waals surface area contributed by atoms with Gasteiger partial charge in [0.1, 0.15) is 0 Å². The van der Waals surface area contributed by atoms with E-state index in [4.69, 9.17) is 0 Å². The van der Waals surface area contributed by atoms with Crippen LogP contribution < -0.4 is 4.83 Å². The van der Waals surface area contributed by atoms with E-state index in [1.165, 1.54) is 56.9 Å². The fourth-order valence-corrected chi connectivity index (χ4v) is 11.2. The fourth-order valence-electron chi connectivity index (χ4n) is 10.3. The summed E-state index contributed by atoms with van der Waals surface area (Å²) < 4.78 is 26.0. The Labute approximate surface area is 251 Å². The Kier molecular flexibility index (Phi) is 8.38. The van der Waals surface area contributed by atoms with Gasteiger partial charge in [-0.15, -0.1) is 0 Å². The molecule has 1 aromatic carbocycles. The predicted molar refractivity (Wildman–Crippen MR) is 171 cm³/mol. The van der Waals surface area contributed by atoms with Crippen LogP contribution in [0.4, 0.5) is 0 Å². The molecule has 228 valence electrons. The molecule has 0 saturated heterocycles. The minimum absolute atomic E-state index is 0.170. The summed E-state index contributed by atoms with van der Waals surface area (Å²) in [5.41, 5.74) is 3.92. The van der Waals surface area contributed by atoms with Crippen molar-refractivity contribution in [2.24, 2.45) is 56.9 Å². The molecule has 5 heteroatoms. The number of sulfonamides is 1. The van der Waals surface area contributed by atoms with E-state index < -0.39 is 10.0 Å². The average molecular weight is 581 g/mol. The molecule has 0 bridgehead atoms. The molecule has 0 amide bonds. The van der Waals surface area contributed by atoms with Crippen LogP contribution in [0.15, 0.2) is 45.9 Å². The molecule has 0 aromatic heterocycles. The number of hydrogen-bond acceptors (Lipinski definition) is 3. The first-order chi connectivity index (χ1) is 19.2. The molecular formula is C36H56N2O2S. The van der Waals surface area contributed by atoms with Gasteiger partial charge in [-0.2, -0.15) is 13.5 Å². The summed E-state index contributed by atoms with van der Waals surface area (Å²) >= 11 is 0. The molecular weight excluding hydrogens is 524 g/mol. The van der Waals surface area contributed by atoms with E-state index in [1.54, 1.807) is 12.1 Å². The van der Waals surface area contributed by atoms with Crippen LogP contribution in [-0.4, -0.2) is 14.1 Å². The molecule has 3 saturated carbocycles. The van der Waals surface area contributed by atoms with E-state index in [9.17, 15) is 8.42 Å². The van der Waals surface area contributed by atoms with Gasteiger partial charge in [0.05, 0.1) is 4.90 Å². The van der Waals surface area contributed by atoms with Crippen LogP contribution in [0.1, 0.15) is 118 Å². The molecule has 41 heavy (non-hydrogen) atoms. The zero-order valence-electron chi connectivity index (χ0n) is 27.1. The van der Waals surface area contributed by atoms with Gasteiger partial charge in [0.25, 0.3) is 10.0 Å². The lowest BCUT2D eigenvalue weighted by Crippen LogP contribution is -2.54. The third kappa shape index (κ3) is 5.47. The summed E-state index contributed by atoms with van der Waals surface area (Å²) in [6.45, 7) is 19.0. The average Bonchev–Trinajstić information content (AvgIpc) is 3.25. The third-order valence-electron chi connectivity index (χ3n) is 12.6. The van der Waals surface area contributed by atoms with Gasteiger partial charge in [-0.3, -0.25) is 0 Å². The fraction of sp³-hybridized carbons (Fsp3) is 0.750. The molecule has 5 rings (SSSR count). The van der Waals surface area contributed by atoms with Crippen LogP contribution in [-0.2, 0) is 10.0 Å². The molecule has 0 spiro atoms. The van der Waals surface area contributed by atoms with Crippen molar-refractivity contribution in [3.05, 3.63) is 41.5 Å². The lowest BCUT2D eigenvalue weighted by atomic mass is 9.44. The summed E-state index contributed by atoms with van der Waals surface area (Å²) in [7, 11) is -3.69. The van der Waals surface area contributed by atoms with Gasteiger partial charge in [0.2, 0.25) is 0 Å². The lowest BCUT2D eigenvalue weighted by Gasteiger charge is -2.60. The van der Waals surface area contributed by atoms with E-state index in [2.05, 4.69) is 64.5 Å². The predicted octanol–water partition coefficient (Wildman–Crippen LogP) is 9.31. The smallest absolute Gasteiger partial charge is 0.200 e.